The van der Waals surface area contributed by atoms with Crippen molar-refractivity contribution in [2.24, 2.45) is 0 Å². The molecule has 0 aliphatic heterocycles. The standard InChI is InChI=1S/C10H10N2O/c1-7-6-10(11)12(13)9-5-3-2-4-8(7)9/h2-6,11,13H,1H3. The number of rotatable bonds is 0. The third kappa shape index (κ3) is 1.09. The van der Waals surface area contributed by atoms with Crippen LogP contribution >= 0.6 is 0 Å². The first-order valence-corrected chi connectivity index (χ1v) is 4.05. The van der Waals surface area contributed by atoms with Gasteiger partial charge in [0.15, 0.2) is 5.49 Å². The van der Waals surface area contributed by atoms with Crippen molar-refractivity contribution in [3.8, 4) is 0 Å². The molecule has 0 aliphatic rings. The fraction of sp³-hybridized carbons (Fsp3) is 0.100. The van der Waals surface area contributed by atoms with Gasteiger partial charge >= 0.3 is 0 Å². The van der Waals surface area contributed by atoms with E-state index in [9.17, 15) is 5.21 Å². The largest absolute Gasteiger partial charge is 0.426 e. The minimum atomic E-state index is 0.108. The average Bonchev–Trinajstić information content (AvgIpc) is 2.15. The number of benzene rings is 1. The molecule has 1 aromatic carbocycles. The minimum absolute atomic E-state index is 0.108. The Labute approximate surface area is 75.3 Å². The molecule has 3 heteroatoms. The molecule has 0 amide bonds. The molecule has 0 spiro atoms. The van der Waals surface area contributed by atoms with Crippen molar-refractivity contribution in [1.82, 2.24) is 4.73 Å². The summed E-state index contributed by atoms with van der Waals surface area (Å²) in [6.07, 6.45) is 0. The van der Waals surface area contributed by atoms with Gasteiger partial charge in [0, 0.05) is 5.39 Å². The van der Waals surface area contributed by atoms with E-state index in [4.69, 9.17) is 5.41 Å². The minimum Gasteiger partial charge on any atom is -0.426 e. The van der Waals surface area contributed by atoms with Gasteiger partial charge in [-0.2, -0.15) is 4.73 Å². The second-order valence-electron chi connectivity index (χ2n) is 3.04. The number of aryl methyl sites for hydroxylation is 1. The van der Waals surface area contributed by atoms with Gasteiger partial charge in [0.05, 0.1) is 5.52 Å². The highest BCUT2D eigenvalue weighted by molar-refractivity contribution is 5.81. The monoisotopic (exact) mass is 174 g/mol. The Hall–Kier alpha value is -1.77. The molecule has 0 bridgehead atoms. The topological polar surface area (TPSA) is 49.0 Å². The lowest BCUT2D eigenvalue weighted by Gasteiger charge is -2.05. The van der Waals surface area contributed by atoms with Crippen molar-refractivity contribution in [3.05, 3.63) is 41.4 Å². The second-order valence-corrected chi connectivity index (χ2v) is 3.04. The summed E-state index contributed by atoms with van der Waals surface area (Å²) in [5, 5.41) is 17.9. The summed E-state index contributed by atoms with van der Waals surface area (Å²) < 4.78 is 0.891. The van der Waals surface area contributed by atoms with Crippen molar-refractivity contribution in [2.75, 3.05) is 0 Å². The van der Waals surface area contributed by atoms with Gasteiger partial charge in [-0.3, -0.25) is 5.41 Å². The van der Waals surface area contributed by atoms with E-state index in [1.165, 1.54) is 0 Å². The SMILES string of the molecule is Cc1cc(=N)n(O)c2ccccc12. The lowest BCUT2D eigenvalue weighted by atomic mass is 10.1. The van der Waals surface area contributed by atoms with Crippen molar-refractivity contribution in [1.29, 1.82) is 5.41 Å². The Bertz CT molecular complexity index is 514. The molecule has 0 saturated carbocycles. The summed E-state index contributed by atoms with van der Waals surface area (Å²) in [6, 6.07) is 9.12. The van der Waals surface area contributed by atoms with Crippen LogP contribution in [0, 0.1) is 12.3 Å². The summed E-state index contributed by atoms with van der Waals surface area (Å²) in [5.74, 6) is 0. The molecule has 0 radical (unpaired) electrons. The molecule has 1 aromatic heterocycles. The first-order valence-electron chi connectivity index (χ1n) is 4.05. The lowest BCUT2D eigenvalue weighted by molar-refractivity contribution is 0.184. The molecule has 66 valence electrons. The summed E-state index contributed by atoms with van der Waals surface area (Å²) in [7, 11) is 0. The van der Waals surface area contributed by atoms with Crippen molar-refractivity contribution >= 4 is 10.9 Å². The highest BCUT2D eigenvalue weighted by Crippen LogP contribution is 2.14. The van der Waals surface area contributed by atoms with Crippen LogP contribution in [-0.2, 0) is 0 Å². The number of hydrogen-bond donors (Lipinski definition) is 2. The molecule has 13 heavy (non-hydrogen) atoms. The molecule has 0 fully saturated rings. The van der Waals surface area contributed by atoms with E-state index >= 15 is 0 Å². The predicted molar refractivity (Wildman–Crippen MR) is 49.7 cm³/mol. The highest BCUT2D eigenvalue weighted by Gasteiger charge is 2.00. The van der Waals surface area contributed by atoms with E-state index in [2.05, 4.69) is 0 Å². The molecular weight excluding hydrogens is 164 g/mol. The molecule has 1 heterocycles. The fourth-order valence-corrected chi connectivity index (χ4v) is 1.47. The van der Waals surface area contributed by atoms with Crippen LogP contribution in [0.3, 0.4) is 0 Å². The Kier molecular flexibility index (Phi) is 1.59. The van der Waals surface area contributed by atoms with E-state index in [-0.39, 0.29) is 5.49 Å². The molecule has 3 nitrogen and oxygen atoms in total. The van der Waals surface area contributed by atoms with E-state index in [1.54, 1.807) is 12.1 Å². The summed E-state index contributed by atoms with van der Waals surface area (Å²) >= 11 is 0. The number of para-hydroxylation sites is 1. The number of nitrogens with one attached hydrogen (secondary N) is 1. The predicted octanol–water partition coefficient (Wildman–Crippen LogP) is 1.67. The molecule has 2 aromatic rings. The van der Waals surface area contributed by atoms with E-state index in [1.807, 2.05) is 25.1 Å². The molecule has 0 unspecified atom stereocenters. The quantitative estimate of drug-likeness (QED) is 0.586. The second kappa shape index (κ2) is 2.62. The maximum absolute atomic E-state index is 9.51. The summed E-state index contributed by atoms with van der Waals surface area (Å²) in [4.78, 5) is 0. The normalized spacial score (nSPS) is 10.5. The van der Waals surface area contributed by atoms with E-state index in [0.717, 1.165) is 15.7 Å². The van der Waals surface area contributed by atoms with Crippen LogP contribution in [0.2, 0.25) is 0 Å². The van der Waals surface area contributed by atoms with Crippen LogP contribution in [-0.4, -0.2) is 9.94 Å². The first-order chi connectivity index (χ1) is 6.20. The summed E-state index contributed by atoms with van der Waals surface area (Å²) in [6.45, 7) is 1.93. The fourth-order valence-electron chi connectivity index (χ4n) is 1.47. The van der Waals surface area contributed by atoms with Gasteiger partial charge in [-0.15, -0.1) is 0 Å². The molecular formula is C10H10N2O. The van der Waals surface area contributed by atoms with Crippen LogP contribution in [0.5, 0.6) is 0 Å². The van der Waals surface area contributed by atoms with Gasteiger partial charge in [0.1, 0.15) is 0 Å². The van der Waals surface area contributed by atoms with E-state index in [0.29, 0.717) is 5.52 Å². The molecule has 0 atom stereocenters. The molecule has 2 rings (SSSR count). The number of aromatic nitrogens is 1. The van der Waals surface area contributed by atoms with Crippen LogP contribution in [0.25, 0.3) is 10.9 Å². The third-order valence-electron chi connectivity index (χ3n) is 2.14. The maximum Gasteiger partial charge on any atom is 0.161 e. The van der Waals surface area contributed by atoms with Crippen molar-refractivity contribution < 1.29 is 5.21 Å². The smallest absolute Gasteiger partial charge is 0.161 e. The number of pyridine rings is 1. The van der Waals surface area contributed by atoms with Crippen molar-refractivity contribution in [3.63, 3.8) is 0 Å². The Morgan fingerprint density at radius 1 is 1.31 bits per heavy atom. The van der Waals surface area contributed by atoms with Crippen molar-refractivity contribution in [2.45, 2.75) is 6.92 Å². The lowest BCUT2D eigenvalue weighted by Crippen LogP contribution is -2.17. The van der Waals surface area contributed by atoms with Crippen LogP contribution < -0.4 is 5.49 Å². The van der Waals surface area contributed by atoms with Gasteiger partial charge < -0.3 is 5.21 Å². The van der Waals surface area contributed by atoms with Crippen LogP contribution in [0.1, 0.15) is 5.56 Å². The molecule has 0 saturated heterocycles. The zero-order valence-electron chi connectivity index (χ0n) is 7.28. The summed E-state index contributed by atoms with van der Waals surface area (Å²) in [5.41, 5.74) is 1.79. The zero-order chi connectivity index (χ0) is 9.42. The van der Waals surface area contributed by atoms with Gasteiger partial charge in [0.2, 0.25) is 0 Å². The maximum atomic E-state index is 9.51. The molecule has 0 aliphatic carbocycles. The van der Waals surface area contributed by atoms with Crippen LogP contribution in [0.15, 0.2) is 30.3 Å². The van der Waals surface area contributed by atoms with Gasteiger partial charge in [-0.05, 0) is 24.6 Å². The van der Waals surface area contributed by atoms with Crippen LogP contribution in [0.4, 0.5) is 0 Å². The molecule has 2 N–H and O–H groups in total. The van der Waals surface area contributed by atoms with Gasteiger partial charge in [-0.1, -0.05) is 18.2 Å². The number of fused-ring (bicyclic) bond motifs is 1. The van der Waals surface area contributed by atoms with Gasteiger partial charge in [-0.25, -0.2) is 0 Å². The first kappa shape index (κ1) is 7.86. The zero-order valence-corrected chi connectivity index (χ0v) is 7.28. The highest BCUT2D eigenvalue weighted by atomic mass is 16.5. The Balaban J connectivity index is 3.06. The third-order valence-corrected chi connectivity index (χ3v) is 2.14. The van der Waals surface area contributed by atoms with E-state index < -0.39 is 0 Å². The Morgan fingerprint density at radius 3 is 2.77 bits per heavy atom. The Morgan fingerprint density at radius 2 is 2.00 bits per heavy atom. The van der Waals surface area contributed by atoms with Gasteiger partial charge in [0.25, 0.3) is 0 Å². The number of hydrogen-bond acceptors (Lipinski definition) is 2. The number of nitrogens with zero attached hydrogens (tertiary/aromatic N) is 1. The average molecular weight is 174 g/mol.